The lowest BCUT2D eigenvalue weighted by molar-refractivity contribution is -0.241. The fraction of sp³-hybridized carbons (Fsp3) is 0.667. The maximum Gasteiger partial charge on any atom is 0.255 e. The molecule has 1 heterocycles. The molecule has 0 bridgehead atoms. The highest BCUT2D eigenvalue weighted by molar-refractivity contribution is 5.97. The molecule has 1 spiro atoms. The zero-order valence-corrected chi connectivity index (χ0v) is 15.6. The number of carbonyl (C=O) groups is 1. The highest BCUT2D eigenvalue weighted by Crippen LogP contribution is 2.64. The first kappa shape index (κ1) is 16.9. The van der Waals surface area contributed by atoms with Crippen LogP contribution in [-0.4, -0.2) is 40.1 Å². The van der Waals surface area contributed by atoms with Crippen LogP contribution in [0.1, 0.15) is 68.3 Å². The first-order chi connectivity index (χ1) is 12.0. The van der Waals surface area contributed by atoms with Crippen LogP contribution in [0.3, 0.4) is 0 Å². The number of nitrogens with zero attached hydrogens (tertiary/aromatic N) is 1. The molecule has 1 saturated heterocycles. The minimum absolute atomic E-state index is 0.0688. The van der Waals surface area contributed by atoms with Crippen LogP contribution < -0.4 is 5.32 Å². The van der Waals surface area contributed by atoms with E-state index in [0.717, 1.165) is 24.4 Å². The third-order valence-electron chi connectivity index (χ3n) is 7.23. The van der Waals surface area contributed by atoms with Gasteiger partial charge in [-0.05, 0) is 64.5 Å². The van der Waals surface area contributed by atoms with E-state index in [4.69, 9.17) is 0 Å². The van der Waals surface area contributed by atoms with E-state index in [9.17, 15) is 9.90 Å². The minimum atomic E-state index is -0.137. The molecule has 4 unspecified atom stereocenters. The van der Waals surface area contributed by atoms with Gasteiger partial charge < -0.3 is 10.4 Å². The summed E-state index contributed by atoms with van der Waals surface area (Å²) in [6.07, 6.45) is 7.28. The van der Waals surface area contributed by atoms with Gasteiger partial charge in [0.05, 0.1) is 5.56 Å². The molecule has 0 radical (unpaired) electrons. The second kappa shape index (κ2) is 6.01. The summed E-state index contributed by atoms with van der Waals surface area (Å²) in [5.74, 6) is -0.0685. The number of aromatic hydroxyl groups is 1. The smallest absolute Gasteiger partial charge is 0.255 e. The Kier molecular flexibility index (Phi) is 4.06. The number of benzene rings is 1. The molecule has 2 N–H and O–H groups in total. The van der Waals surface area contributed by atoms with Gasteiger partial charge in [0.15, 0.2) is 0 Å². The van der Waals surface area contributed by atoms with Gasteiger partial charge in [0.1, 0.15) is 5.75 Å². The zero-order valence-electron chi connectivity index (χ0n) is 15.6. The zero-order chi connectivity index (χ0) is 17.8. The maximum atomic E-state index is 12.6. The summed E-state index contributed by atoms with van der Waals surface area (Å²) in [4.78, 5) is 15.4. The van der Waals surface area contributed by atoms with Crippen molar-refractivity contribution in [1.29, 1.82) is 0 Å². The third kappa shape index (κ3) is 2.49. The van der Waals surface area contributed by atoms with Gasteiger partial charge in [-0.25, -0.2) is 0 Å². The lowest BCUT2D eigenvalue weighted by Crippen LogP contribution is -2.80. The Balaban J connectivity index is 1.45. The van der Waals surface area contributed by atoms with E-state index in [1.165, 1.54) is 25.7 Å². The van der Waals surface area contributed by atoms with Crippen LogP contribution >= 0.6 is 0 Å². The normalized spacial score (nSPS) is 34.9. The molecule has 25 heavy (non-hydrogen) atoms. The Morgan fingerprint density at radius 3 is 2.80 bits per heavy atom. The van der Waals surface area contributed by atoms with E-state index < -0.39 is 0 Å². The van der Waals surface area contributed by atoms with Crippen molar-refractivity contribution >= 4 is 5.91 Å². The van der Waals surface area contributed by atoms with E-state index in [2.05, 4.69) is 24.1 Å². The van der Waals surface area contributed by atoms with E-state index in [1.54, 1.807) is 12.1 Å². The summed E-state index contributed by atoms with van der Waals surface area (Å²) >= 11 is 0. The molecule has 1 aromatic carbocycles. The first-order valence-corrected chi connectivity index (χ1v) is 9.84. The lowest BCUT2D eigenvalue weighted by Gasteiger charge is -2.74. The fourth-order valence-electron chi connectivity index (χ4n) is 5.61. The molecule has 1 amide bonds. The number of phenols is 1. The van der Waals surface area contributed by atoms with Gasteiger partial charge in [0.25, 0.3) is 5.91 Å². The predicted molar refractivity (Wildman–Crippen MR) is 98.8 cm³/mol. The molecular formula is C21H30N2O2. The Labute approximate surface area is 150 Å². The number of hydrogen-bond acceptors (Lipinski definition) is 3. The minimum Gasteiger partial charge on any atom is -0.507 e. The van der Waals surface area contributed by atoms with Crippen LogP contribution in [0.4, 0.5) is 0 Å². The molecule has 1 aliphatic heterocycles. The Bertz CT molecular complexity index is 688. The van der Waals surface area contributed by atoms with Gasteiger partial charge >= 0.3 is 0 Å². The van der Waals surface area contributed by atoms with Crippen LogP contribution in [0, 0.1) is 12.3 Å². The highest BCUT2D eigenvalue weighted by Gasteiger charge is 2.67. The molecule has 4 heteroatoms. The number of hydrogen-bond donors (Lipinski definition) is 2. The summed E-state index contributed by atoms with van der Waals surface area (Å²) in [7, 11) is 0. The van der Waals surface area contributed by atoms with Crippen molar-refractivity contribution in [1.82, 2.24) is 10.2 Å². The number of phenolic OH excluding ortho intramolecular Hbond substituents is 1. The summed E-state index contributed by atoms with van der Waals surface area (Å²) in [5.41, 5.74) is 1.94. The monoisotopic (exact) mass is 342 g/mol. The molecule has 1 aromatic rings. The number of aryl methyl sites for hydroxylation is 1. The molecule has 4 rings (SSSR count). The Morgan fingerprint density at radius 2 is 2.12 bits per heavy atom. The van der Waals surface area contributed by atoms with Crippen molar-refractivity contribution in [3.8, 4) is 5.75 Å². The van der Waals surface area contributed by atoms with Gasteiger partial charge in [-0.3, -0.25) is 9.69 Å². The number of piperidine rings is 1. The standard InChI is InChI=1S/C21H30N2O2/c1-4-14(3)23-18-8-10-21(18)9-7-15(12-19(21)23)22-20(25)16-11-13(2)5-6-17(16)24/h5-6,11,14-15,18-19,24H,4,7-10,12H2,1-3H3,(H,22,25)/t14?,15-,18?,19?,21?/m1/s1. The number of carbonyl (C=O) groups excluding carboxylic acids is 1. The number of rotatable bonds is 4. The average Bonchev–Trinajstić information content (AvgIpc) is 2.59. The SMILES string of the molecule is CCC(C)N1C2CCC23CC[C@@H](NC(=O)c2cc(C)ccc2O)CC13. The molecule has 3 fully saturated rings. The molecule has 2 saturated carbocycles. The molecule has 5 atom stereocenters. The van der Waals surface area contributed by atoms with Crippen molar-refractivity contribution in [3.63, 3.8) is 0 Å². The Morgan fingerprint density at radius 1 is 1.36 bits per heavy atom. The number of nitrogens with one attached hydrogen (secondary N) is 1. The second-order valence-electron chi connectivity index (χ2n) is 8.47. The van der Waals surface area contributed by atoms with Crippen LogP contribution in [0.15, 0.2) is 18.2 Å². The predicted octanol–water partition coefficient (Wildman–Crippen LogP) is 3.61. The molecule has 136 valence electrons. The van der Waals surface area contributed by atoms with E-state index in [0.29, 0.717) is 23.1 Å². The quantitative estimate of drug-likeness (QED) is 0.879. The van der Waals surface area contributed by atoms with E-state index in [1.807, 2.05) is 13.0 Å². The summed E-state index contributed by atoms with van der Waals surface area (Å²) in [5, 5.41) is 13.2. The maximum absolute atomic E-state index is 12.6. The van der Waals surface area contributed by atoms with Gasteiger partial charge in [0, 0.05) is 29.6 Å². The van der Waals surface area contributed by atoms with Crippen molar-refractivity contribution in [2.45, 2.75) is 83.5 Å². The number of likely N-dealkylation sites (tertiary alicyclic amines) is 1. The van der Waals surface area contributed by atoms with Crippen molar-refractivity contribution in [3.05, 3.63) is 29.3 Å². The number of amides is 1. The molecule has 2 aliphatic carbocycles. The molecular weight excluding hydrogens is 312 g/mol. The highest BCUT2D eigenvalue weighted by atomic mass is 16.3. The van der Waals surface area contributed by atoms with E-state index >= 15 is 0 Å². The van der Waals surface area contributed by atoms with Crippen LogP contribution in [0.2, 0.25) is 0 Å². The van der Waals surface area contributed by atoms with Gasteiger partial charge in [-0.2, -0.15) is 0 Å². The summed E-state index contributed by atoms with van der Waals surface area (Å²) < 4.78 is 0. The fourth-order valence-corrected chi connectivity index (χ4v) is 5.61. The van der Waals surface area contributed by atoms with Crippen molar-refractivity contribution in [2.75, 3.05) is 0 Å². The first-order valence-electron chi connectivity index (χ1n) is 9.84. The van der Waals surface area contributed by atoms with Gasteiger partial charge in [-0.15, -0.1) is 0 Å². The third-order valence-corrected chi connectivity index (χ3v) is 7.23. The van der Waals surface area contributed by atoms with Crippen LogP contribution in [0.5, 0.6) is 5.75 Å². The Hall–Kier alpha value is -1.55. The molecule has 4 nitrogen and oxygen atoms in total. The lowest BCUT2D eigenvalue weighted by atomic mass is 9.46. The molecule has 0 aromatic heterocycles. The summed E-state index contributed by atoms with van der Waals surface area (Å²) in [6.45, 7) is 6.55. The summed E-state index contributed by atoms with van der Waals surface area (Å²) in [6, 6.07) is 7.48. The topological polar surface area (TPSA) is 52.6 Å². The van der Waals surface area contributed by atoms with Gasteiger partial charge in [0.2, 0.25) is 0 Å². The second-order valence-corrected chi connectivity index (χ2v) is 8.47. The average molecular weight is 342 g/mol. The van der Waals surface area contributed by atoms with Crippen LogP contribution in [-0.2, 0) is 0 Å². The molecule has 3 aliphatic rings. The van der Waals surface area contributed by atoms with Crippen molar-refractivity contribution < 1.29 is 9.90 Å². The largest absolute Gasteiger partial charge is 0.507 e. The van der Waals surface area contributed by atoms with Gasteiger partial charge in [-0.1, -0.05) is 18.6 Å². The van der Waals surface area contributed by atoms with E-state index in [-0.39, 0.29) is 17.7 Å². The van der Waals surface area contributed by atoms with Crippen LogP contribution in [0.25, 0.3) is 0 Å². The van der Waals surface area contributed by atoms with Crippen molar-refractivity contribution in [2.24, 2.45) is 5.41 Å².